The van der Waals surface area contributed by atoms with Crippen LogP contribution in [0.2, 0.25) is 0 Å². The summed E-state index contributed by atoms with van der Waals surface area (Å²) in [6, 6.07) is 4.05. The van der Waals surface area contributed by atoms with Gasteiger partial charge in [0.05, 0.1) is 16.3 Å². The Balaban J connectivity index is 2.14. The zero-order valence-corrected chi connectivity index (χ0v) is 10.3. The molecule has 0 fully saturated rings. The Morgan fingerprint density at radius 3 is 3.06 bits per heavy atom. The van der Waals surface area contributed by atoms with E-state index >= 15 is 0 Å². The number of rotatable bonds is 3. The minimum Gasteiger partial charge on any atom is -0.330 e. The number of nitrogens with zero attached hydrogens (tertiary/aromatic N) is 3. The van der Waals surface area contributed by atoms with Gasteiger partial charge in [0, 0.05) is 6.42 Å². The predicted octanol–water partition coefficient (Wildman–Crippen LogP) is 1.60. The summed E-state index contributed by atoms with van der Waals surface area (Å²) in [6.45, 7) is 2.60. The molecule has 0 radical (unpaired) electrons. The number of nitrogens with one attached hydrogen (secondary N) is 1. The molecule has 3 N–H and O–H groups in total. The Labute approximate surface area is 102 Å². The van der Waals surface area contributed by atoms with Crippen LogP contribution < -0.4 is 5.73 Å². The van der Waals surface area contributed by atoms with E-state index in [-0.39, 0.29) is 0 Å². The molecule has 0 amide bonds. The number of aromatic nitrogens is 4. The molecule has 0 spiro atoms. The molecule has 0 aliphatic carbocycles. The van der Waals surface area contributed by atoms with Gasteiger partial charge in [-0.05, 0) is 24.9 Å². The van der Waals surface area contributed by atoms with Gasteiger partial charge in [0.1, 0.15) is 0 Å². The number of aromatic amines is 1. The second-order valence-electron chi connectivity index (χ2n) is 3.87. The molecule has 5 nitrogen and oxygen atoms in total. The van der Waals surface area contributed by atoms with Crippen LogP contribution in [0.4, 0.5) is 0 Å². The van der Waals surface area contributed by atoms with Gasteiger partial charge in [-0.1, -0.05) is 6.07 Å². The number of imidazole rings is 1. The van der Waals surface area contributed by atoms with Gasteiger partial charge < -0.3 is 5.73 Å². The van der Waals surface area contributed by atoms with Gasteiger partial charge in [0.25, 0.3) is 5.78 Å². The Bertz CT molecular complexity index is 634. The van der Waals surface area contributed by atoms with Crippen molar-refractivity contribution in [3.63, 3.8) is 0 Å². The maximum atomic E-state index is 5.61. The van der Waals surface area contributed by atoms with Crippen molar-refractivity contribution < 1.29 is 0 Å². The summed E-state index contributed by atoms with van der Waals surface area (Å²) in [6.07, 6.45) is 0.805. The molecule has 3 rings (SSSR count). The standard InChI is InChI=1S/C11H13N5S/c1-7-8(4-5-12)16-11(13-7)14-10(15-16)9-3-2-6-17-9/h2-3,6H,4-5,12H2,1H3,(H,13,14,15). The van der Waals surface area contributed by atoms with Gasteiger partial charge >= 0.3 is 0 Å². The lowest BCUT2D eigenvalue weighted by atomic mass is 10.3. The average Bonchev–Trinajstić information content (AvgIpc) is 2.96. The van der Waals surface area contributed by atoms with Crippen molar-refractivity contribution in [2.24, 2.45) is 5.73 Å². The molecule has 0 atom stereocenters. The molecule has 3 aromatic heterocycles. The normalized spacial score (nSPS) is 11.4. The van der Waals surface area contributed by atoms with Crippen LogP contribution in [0.25, 0.3) is 16.5 Å². The zero-order valence-electron chi connectivity index (χ0n) is 9.47. The average molecular weight is 247 g/mol. The van der Waals surface area contributed by atoms with Crippen molar-refractivity contribution in [3.8, 4) is 10.7 Å². The molecule has 0 bridgehead atoms. The van der Waals surface area contributed by atoms with E-state index in [1.54, 1.807) is 11.3 Å². The highest BCUT2D eigenvalue weighted by Gasteiger charge is 2.13. The summed E-state index contributed by atoms with van der Waals surface area (Å²) in [5.74, 6) is 1.58. The molecule has 0 saturated heterocycles. The molecule has 17 heavy (non-hydrogen) atoms. The van der Waals surface area contributed by atoms with Crippen LogP contribution in [0.1, 0.15) is 11.4 Å². The summed E-state index contributed by atoms with van der Waals surface area (Å²) in [7, 11) is 0. The van der Waals surface area contributed by atoms with E-state index in [0.717, 1.165) is 28.5 Å². The van der Waals surface area contributed by atoms with Crippen LogP contribution in [0.5, 0.6) is 0 Å². The van der Waals surface area contributed by atoms with Crippen LogP contribution in [0.3, 0.4) is 0 Å². The number of H-pyrrole nitrogens is 1. The number of aryl methyl sites for hydroxylation is 1. The Morgan fingerprint density at radius 1 is 1.47 bits per heavy atom. The Morgan fingerprint density at radius 2 is 2.35 bits per heavy atom. The summed E-state index contributed by atoms with van der Waals surface area (Å²) < 4.78 is 1.93. The fraction of sp³-hybridized carbons (Fsp3) is 0.273. The summed E-state index contributed by atoms with van der Waals surface area (Å²) in [5, 5.41) is 5.30. The third-order valence-corrected chi connectivity index (χ3v) is 3.60. The summed E-state index contributed by atoms with van der Waals surface area (Å²) in [5.41, 5.74) is 7.71. The molecule has 3 aromatic rings. The molecule has 0 aromatic carbocycles. The number of fused-ring (bicyclic) bond motifs is 1. The van der Waals surface area contributed by atoms with Crippen molar-refractivity contribution in [2.45, 2.75) is 13.3 Å². The third kappa shape index (κ3) is 1.65. The van der Waals surface area contributed by atoms with Gasteiger partial charge in [0.15, 0.2) is 5.82 Å². The van der Waals surface area contributed by atoms with Crippen molar-refractivity contribution in [2.75, 3.05) is 6.54 Å². The second kappa shape index (κ2) is 3.97. The fourth-order valence-corrected chi connectivity index (χ4v) is 2.59. The van der Waals surface area contributed by atoms with Crippen LogP contribution >= 0.6 is 11.3 Å². The lowest BCUT2D eigenvalue weighted by Crippen LogP contribution is -2.06. The Hall–Kier alpha value is -1.66. The molecule has 0 saturated carbocycles. The van der Waals surface area contributed by atoms with E-state index in [0.29, 0.717) is 12.3 Å². The van der Waals surface area contributed by atoms with Gasteiger partial charge in [-0.15, -0.1) is 11.3 Å². The molecular weight excluding hydrogens is 234 g/mol. The van der Waals surface area contributed by atoms with Gasteiger partial charge in [0.2, 0.25) is 0 Å². The molecule has 0 unspecified atom stereocenters. The van der Waals surface area contributed by atoms with Gasteiger partial charge in [-0.25, -0.2) is 9.50 Å². The smallest absolute Gasteiger partial charge is 0.251 e. The van der Waals surface area contributed by atoms with E-state index in [1.807, 2.05) is 29.0 Å². The first-order valence-electron chi connectivity index (χ1n) is 5.47. The van der Waals surface area contributed by atoms with Crippen molar-refractivity contribution in [1.82, 2.24) is 19.6 Å². The first-order valence-corrected chi connectivity index (χ1v) is 6.35. The fourth-order valence-electron chi connectivity index (χ4n) is 1.92. The van der Waals surface area contributed by atoms with E-state index < -0.39 is 0 Å². The SMILES string of the molecule is Cc1nc2nc(-c3cccs3)[nH]n2c1CCN. The van der Waals surface area contributed by atoms with E-state index in [4.69, 9.17) is 5.73 Å². The van der Waals surface area contributed by atoms with E-state index in [1.165, 1.54) is 0 Å². The molecular formula is C11H13N5S. The highest BCUT2D eigenvalue weighted by Crippen LogP contribution is 2.22. The van der Waals surface area contributed by atoms with Crippen molar-refractivity contribution in [3.05, 3.63) is 28.9 Å². The highest BCUT2D eigenvalue weighted by atomic mass is 32.1. The van der Waals surface area contributed by atoms with Crippen molar-refractivity contribution >= 4 is 17.1 Å². The minimum atomic E-state index is 0.613. The monoisotopic (exact) mass is 247 g/mol. The maximum Gasteiger partial charge on any atom is 0.251 e. The summed E-state index contributed by atoms with van der Waals surface area (Å²) in [4.78, 5) is 10.0. The molecule has 0 aliphatic heterocycles. The van der Waals surface area contributed by atoms with Gasteiger partial charge in [-0.2, -0.15) is 4.98 Å². The predicted molar refractivity (Wildman–Crippen MR) is 68.1 cm³/mol. The molecule has 0 aliphatic rings. The van der Waals surface area contributed by atoms with Crippen LogP contribution in [-0.2, 0) is 6.42 Å². The number of hydrogen-bond donors (Lipinski definition) is 2. The second-order valence-corrected chi connectivity index (χ2v) is 4.82. The third-order valence-electron chi connectivity index (χ3n) is 2.72. The van der Waals surface area contributed by atoms with Crippen LogP contribution in [0.15, 0.2) is 17.5 Å². The van der Waals surface area contributed by atoms with E-state index in [9.17, 15) is 0 Å². The number of nitrogens with two attached hydrogens (primary N) is 1. The quantitative estimate of drug-likeness (QED) is 0.738. The van der Waals surface area contributed by atoms with E-state index in [2.05, 4.69) is 15.1 Å². The maximum absolute atomic E-state index is 5.61. The lowest BCUT2D eigenvalue weighted by Gasteiger charge is -1.97. The largest absolute Gasteiger partial charge is 0.330 e. The minimum absolute atomic E-state index is 0.613. The lowest BCUT2D eigenvalue weighted by molar-refractivity contribution is 0.836. The summed E-state index contributed by atoms with van der Waals surface area (Å²) >= 11 is 1.66. The first kappa shape index (κ1) is 10.5. The number of hydrogen-bond acceptors (Lipinski definition) is 4. The highest BCUT2D eigenvalue weighted by molar-refractivity contribution is 7.13. The molecule has 3 heterocycles. The Kier molecular flexibility index (Phi) is 2.45. The molecule has 6 heteroatoms. The number of thiophene rings is 1. The molecule has 88 valence electrons. The van der Waals surface area contributed by atoms with Gasteiger partial charge in [-0.3, -0.25) is 5.10 Å². The zero-order chi connectivity index (χ0) is 11.8. The topological polar surface area (TPSA) is 72.0 Å². The van der Waals surface area contributed by atoms with Crippen molar-refractivity contribution in [1.29, 1.82) is 0 Å². The first-order chi connectivity index (χ1) is 8.29. The van der Waals surface area contributed by atoms with Crippen LogP contribution in [0, 0.1) is 6.92 Å². The van der Waals surface area contributed by atoms with Crippen LogP contribution in [-0.4, -0.2) is 26.1 Å².